The summed E-state index contributed by atoms with van der Waals surface area (Å²) in [6, 6.07) is 74.1. The van der Waals surface area contributed by atoms with Gasteiger partial charge in [0.25, 0.3) is 0 Å². The van der Waals surface area contributed by atoms with Crippen LogP contribution < -0.4 is 5.73 Å². The van der Waals surface area contributed by atoms with Gasteiger partial charge in [-0.2, -0.15) is 4.99 Å². The molecule has 0 saturated carbocycles. The molecule has 0 unspecified atom stereocenters. The number of aromatic nitrogens is 5. The molecule has 8 heteroatoms. The fourth-order valence-corrected chi connectivity index (χ4v) is 11.1. The molecule has 3 heterocycles. The molecule has 0 bridgehead atoms. The third-order valence-corrected chi connectivity index (χ3v) is 14.5. The number of benzene rings is 10. The van der Waals surface area contributed by atoms with Gasteiger partial charge in [-0.3, -0.25) is 9.56 Å². The summed E-state index contributed by atoms with van der Waals surface area (Å²) in [7, 11) is 0. The molecule has 1 aliphatic rings. The molecule has 0 radical (unpaired) electrons. The Morgan fingerprint density at radius 3 is 1.76 bits per heavy atom. The third-order valence-electron chi connectivity index (χ3n) is 14.5. The number of allylic oxidation sites excluding steroid dienone is 5. The summed E-state index contributed by atoms with van der Waals surface area (Å²) in [4.78, 5) is 26.0. The molecule has 0 atom stereocenters. The van der Waals surface area contributed by atoms with E-state index in [0.717, 1.165) is 83.4 Å². The van der Waals surface area contributed by atoms with Crippen molar-refractivity contribution in [3.63, 3.8) is 0 Å². The highest BCUT2D eigenvalue weighted by atomic mass is 15.2. The van der Waals surface area contributed by atoms with Gasteiger partial charge >= 0.3 is 0 Å². The molecule has 3 aromatic heterocycles. The van der Waals surface area contributed by atoms with Crippen LogP contribution in [-0.2, 0) is 0 Å². The van der Waals surface area contributed by atoms with Gasteiger partial charge in [-0.25, -0.2) is 15.0 Å². The van der Waals surface area contributed by atoms with E-state index in [0.29, 0.717) is 35.8 Å². The van der Waals surface area contributed by atoms with Crippen molar-refractivity contribution in [1.29, 1.82) is 0 Å². The molecule has 0 aliphatic heterocycles. The summed E-state index contributed by atoms with van der Waals surface area (Å²) >= 11 is 0. The van der Waals surface area contributed by atoms with Gasteiger partial charge in [-0.15, -0.1) is 0 Å². The number of para-hydroxylation sites is 2. The molecule has 2 N–H and O–H groups in total. The van der Waals surface area contributed by atoms with E-state index >= 15 is 0 Å². The monoisotopic (exact) mass is 962 g/mol. The lowest BCUT2D eigenvalue weighted by molar-refractivity contribution is 1.06. The number of hydrogen-bond donors (Lipinski definition) is 1. The first-order chi connectivity index (χ1) is 37.1. The van der Waals surface area contributed by atoms with Crippen molar-refractivity contribution in [2.24, 2.45) is 15.7 Å². The quantitative estimate of drug-likeness (QED) is 0.0977. The Bertz CT molecular complexity index is 4560. The van der Waals surface area contributed by atoms with Crippen LogP contribution in [0.4, 0.5) is 0 Å². The smallest absolute Gasteiger partial charge is 0.207 e. The second-order valence-electron chi connectivity index (χ2n) is 19.0. The van der Waals surface area contributed by atoms with Crippen LogP contribution in [-0.4, -0.2) is 42.4 Å². The summed E-state index contributed by atoms with van der Waals surface area (Å²) in [5.41, 5.74) is 17.1. The van der Waals surface area contributed by atoms with Gasteiger partial charge in [-0.1, -0.05) is 206 Å². The summed E-state index contributed by atoms with van der Waals surface area (Å²) in [5, 5.41) is 11.5. The number of aliphatic imine (C=N–C) groups is 2. The summed E-state index contributed by atoms with van der Waals surface area (Å²) in [6.45, 7) is 0.498. The first-order valence-corrected chi connectivity index (χ1v) is 25.3. The number of fused-ring (bicyclic) bond motifs is 13. The van der Waals surface area contributed by atoms with Crippen LogP contribution >= 0.6 is 0 Å². The van der Waals surface area contributed by atoms with Gasteiger partial charge in [0.1, 0.15) is 0 Å². The van der Waals surface area contributed by atoms with Crippen LogP contribution in [0.25, 0.3) is 116 Å². The van der Waals surface area contributed by atoms with Gasteiger partial charge < -0.3 is 10.3 Å². The van der Waals surface area contributed by atoms with Crippen molar-refractivity contribution in [3.8, 4) is 39.9 Å². The van der Waals surface area contributed by atoms with Crippen LogP contribution in [0.5, 0.6) is 0 Å². The minimum atomic E-state index is 0.331. The van der Waals surface area contributed by atoms with Crippen molar-refractivity contribution in [1.82, 2.24) is 24.1 Å². The zero-order valence-electron chi connectivity index (χ0n) is 40.7. The highest BCUT2D eigenvalue weighted by Gasteiger charge is 2.23. The zero-order valence-corrected chi connectivity index (χ0v) is 40.7. The molecule has 354 valence electrons. The molecule has 0 spiro atoms. The Hall–Kier alpha value is -10.1. The minimum absolute atomic E-state index is 0.331. The van der Waals surface area contributed by atoms with E-state index < -0.39 is 0 Å². The fourth-order valence-electron chi connectivity index (χ4n) is 11.1. The van der Waals surface area contributed by atoms with Gasteiger partial charge in [0.15, 0.2) is 23.3 Å². The van der Waals surface area contributed by atoms with Crippen LogP contribution in [0.1, 0.15) is 12.0 Å². The lowest BCUT2D eigenvalue weighted by atomic mass is 9.93. The zero-order chi connectivity index (χ0) is 49.8. The Labute approximate surface area is 432 Å². The minimum Gasteiger partial charge on any atom is -0.369 e. The highest BCUT2D eigenvalue weighted by Crippen LogP contribution is 2.42. The van der Waals surface area contributed by atoms with Crippen LogP contribution in [0.3, 0.4) is 0 Å². The van der Waals surface area contributed by atoms with Gasteiger partial charge in [-0.05, 0) is 80.7 Å². The Morgan fingerprint density at radius 1 is 0.453 bits per heavy atom. The first kappa shape index (κ1) is 43.7. The van der Waals surface area contributed by atoms with E-state index in [1.807, 2.05) is 54.6 Å². The van der Waals surface area contributed by atoms with Gasteiger partial charge in [0.2, 0.25) is 5.96 Å². The standard InChI is InChI=1S/C67H46N8/c68-67(73-63(44-22-7-3-8-23-44)69-42-43-20-5-1-2-6-21-43)75-58-34-17-15-32-54(58)55-38-39-60-61(62(55)75)56-33-16-18-35-59(56)74(60)48-27-19-26-46(40-48)65-70-64(45-24-9-4-10-25-45)71-66(72-65)47-36-37-53-51-30-12-11-28-49(51)50-29-13-14-31-52(50)57(53)41-47/h1-20,22-41H,21,42H2,(H2,68,69,73). The molecule has 1 aliphatic carbocycles. The largest absolute Gasteiger partial charge is 0.369 e. The second kappa shape index (κ2) is 18.2. The van der Waals surface area contributed by atoms with Crippen molar-refractivity contribution in [3.05, 3.63) is 254 Å². The predicted molar refractivity (Wildman–Crippen MR) is 312 cm³/mol. The van der Waals surface area contributed by atoms with E-state index in [2.05, 4.69) is 197 Å². The summed E-state index contributed by atoms with van der Waals surface area (Å²) in [5.74, 6) is 2.69. The molecule has 13 aromatic rings. The second-order valence-corrected chi connectivity index (χ2v) is 19.0. The molecule has 0 fully saturated rings. The van der Waals surface area contributed by atoms with Gasteiger partial charge in [0, 0.05) is 49.5 Å². The third kappa shape index (κ3) is 7.58. The molecule has 14 rings (SSSR count). The summed E-state index contributed by atoms with van der Waals surface area (Å²) < 4.78 is 4.45. The molecule has 75 heavy (non-hydrogen) atoms. The van der Waals surface area contributed by atoms with Crippen LogP contribution in [0.15, 0.2) is 258 Å². The topological polar surface area (TPSA) is 99.3 Å². The van der Waals surface area contributed by atoms with Crippen molar-refractivity contribution >= 4 is 87.7 Å². The molecule has 0 amide bonds. The predicted octanol–water partition coefficient (Wildman–Crippen LogP) is 15.6. The lowest BCUT2D eigenvalue weighted by Gasteiger charge is -2.13. The van der Waals surface area contributed by atoms with E-state index in [9.17, 15) is 0 Å². The van der Waals surface area contributed by atoms with Crippen LogP contribution in [0.2, 0.25) is 0 Å². The highest BCUT2D eigenvalue weighted by molar-refractivity contribution is 6.29. The average molecular weight is 963 g/mol. The SMILES string of the molecule is NC(=NC(=NCC1=CC=CC=CC1)c1ccccc1)n1c2ccccc2c2ccc3c(c4ccccc4n3-c3cccc(-c4nc(-c5ccccc5)nc(-c5ccc6c7ccccc7c7ccccc7c6c5)n4)c3)c21. The molecule has 0 saturated heterocycles. The maximum atomic E-state index is 7.33. The normalized spacial score (nSPS) is 13.3. The maximum absolute atomic E-state index is 7.33. The summed E-state index contributed by atoms with van der Waals surface area (Å²) in [6.07, 6.45) is 11.3. The number of nitrogens with zero attached hydrogens (tertiary/aromatic N) is 7. The molecular formula is C67H46N8. The van der Waals surface area contributed by atoms with Crippen molar-refractivity contribution in [2.45, 2.75) is 6.42 Å². The fraction of sp³-hybridized carbons (Fsp3) is 0.0299. The average Bonchev–Trinajstić information content (AvgIpc) is 3.92. The number of hydrogen-bond acceptors (Lipinski definition) is 4. The van der Waals surface area contributed by atoms with E-state index in [4.69, 9.17) is 30.7 Å². The molecule has 8 nitrogen and oxygen atoms in total. The number of rotatable bonds is 7. The molecule has 10 aromatic carbocycles. The first-order valence-electron chi connectivity index (χ1n) is 25.3. The number of nitrogens with two attached hydrogens (primary N) is 1. The Kier molecular flexibility index (Phi) is 10.6. The van der Waals surface area contributed by atoms with E-state index in [1.165, 1.54) is 32.5 Å². The van der Waals surface area contributed by atoms with E-state index in [-0.39, 0.29) is 0 Å². The van der Waals surface area contributed by atoms with Crippen LogP contribution in [0, 0.1) is 0 Å². The molecular weight excluding hydrogens is 917 g/mol. The Balaban J connectivity index is 0.943. The van der Waals surface area contributed by atoms with Crippen molar-refractivity contribution in [2.75, 3.05) is 6.54 Å². The van der Waals surface area contributed by atoms with Crippen molar-refractivity contribution < 1.29 is 0 Å². The Morgan fingerprint density at radius 2 is 1.03 bits per heavy atom. The lowest BCUT2D eigenvalue weighted by Crippen LogP contribution is -2.24. The maximum Gasteiger partial charge on any atom is 0.207 e. The number of amidine groups is 1. The van der Waals surface area contributed by atoms with E-state index in [1.54, 1.807) is 0 Å². The van der Waals surface area contributed by atoms with Gasteiger partial charge in [0.05, 0.1) is 28.6 Å².